The summed E-state index contributed by atoms with van der Waals surface area (Å²) in [5.74, 6) is 0. The monoisotopic (exact) mass is 202 g/mol. The number of hydrogen-bond acceptors (Lipinski definition) is 5. The summed E-state index contributed by atoms with van der Waals surface area (Å²) in [6, 6.07) is 0. The van der Waals surface area contributed by atoms with E-state index in [2.05, 4.69) is 10.3 Å². The van der Waals surface area contributed by atoms with Crippen LogP contribution in [0.25, 0.3) is 0 Å². The predicted molar refractivity (Wildman–Crippen MR) is 52.9 cm³/mol. The molecule has 0 bridgehead atoms. The zero-order valence-electron chi connectivity index (χ0n) is 7.53. The maximum Gasteiger partial charge on any atom is 0.183 e. The maximum atomic E-state index is 9.13. The Morgan fingerprint density at radius 3 is 2.62 bits per heavy atom. The van der Waals surface area contributed by atoms with E-state index in [0.717, 1.165) is 5.13 Å². The number of nitrogens with one attached hydrogen (secondary N) is 1. The Bertz CT molecular complexity index is 226. The Morgan fingerprint density at radius 2 is 2.23 bits per heavy atom. The molecule has 1 aromatic heterocycles. The van der Waals surface area contributed by atoms with Gasteiger partial charge in [0.25, 0.3) is 0 Å². The zero-order chi connectivity index (χ0) is 9.73. The SMILES string of the molecule is CCC(CO)(CO)Nc1nccs1. The topological polar surface area (TPSA) is 65.4 Å². The Labute approximate surface area is 81.3 Å². The summed E-state index contributed by atoms with van der Waals surface area (Å²) in [6.45, 7) is 1.71. The molecule has 0 aliphatic carbocycles. The number of aliphatic hydroxyl groups excluding tert-OH is 2. The van der Waals surface area contributed by atoms with Crippen LogP contribution in [0.3, 0.4) is 0 Å². The second kappa shape index (κ2) is 4.55. The van der Waals surface area contributed by atoms with Crippen molar-refractivity contribution in [3.63, 3.8) is 0 Å². The summed E-state index contributed by atoms with van der Waals surface area (Å²) in [5.41, 5.74) is -0.641. The van der Waals surface area contributed by atoms with Gasteiger partial charge in [0, 0.05) is 11.6 Å². The van der Waals surface area contributed by atoms with Crippen molar-refractivity contribution in [1.82, 2.24) is 4.98 Å². The van der Waals surface area contributed by atoms with Crippen molar-refractivity contribution in [2.45, 2.75) is 18.9 Å². The number of thiazole rings is 1. The summed E-state index contributed by atoms with van der Waals surface area (Å²) in [5, 5.41) is 23.9. The van der Waals surface area contributed by atoms with Crippen LogP contribution < -0.4 is 5.32 Å². The van der Waals surface area contributed by atoms with Gasteiger partial charge < -0.3 is 15.5 Å². The Hall–Kier alpha value is -0.650. The van der Waals surface area contributed by atoms with Crippen LogP contribution in [0.2, 0.25) is 0 Å². The van der Waals surface area contributed by atoms with Crippen molar-refractivity contribution in [3.8, 4) is 0 Å². The van der Waals surface area contributed by atoms with Crippen molar-refractivity contribution in [3.05, 3.63) is 11.6 Å². The fourth-order valence-electron chi connectivity index (χ4n) is 0.953. The van der Waals surface area contributed by atoms with Crippen molar-refractivity contribution in [2.24, 2.45) is 0 Å². The van der Waals surface area contributed by atoms with Crippen molar-refractivity contribution < 1.29 is 10.2 Å². The molecule has 0 aliphatic rings. The quantitative estimate of drug-likeness (QED) is 0.657. The molecule has 0 aromatic carbocycles. The van der Waals surface area contributed by atoms with Gasteiger partial charge in [-0.25, -0.2) is 4.98 Å². The lowest BCUT2D eigenvalue weighted by molar-refractivity contribution is 0.132. The van der Waals surface area contributed by atoms with Gasteiger partial charge in [-0.15, -0.1) is 11.3 Å². The van der Waals surface area contributed by atoms with E-state index in [-0.39, 0.29) is 13.2 Å². The van der Waals surface area contributed by atoms with Gasteiger partial charge in [-0.1, -0.05) is 6.92 Å². The first-order valence-corrected chi connectivity index (χ1v) is 5.03. The first-order valence-electron chi connectivity index (χ1n) is 4.16. The Morgan fingerprint density at radius 1 is 1.54 bits per heavy atom. The first kappa shape index (κ1) is 10.4. The minimum atomic E-state index is -0.641. The second-order valence-corrected chi connectivity index (χ2v) is 3.81. The molecule has 1 heterocycles. The minimum Gasteiger partial charge on any atom is -0.394 e. The van der Waals surface area contributed by atoms with Gasteiger partial charge in [0.15, 0.2) is 5.13 Å². The zero-order valence-corrected chi connectivity index (χ0v) is 8.34. The molecular weight excluding hydrogens is 188 g/mol. The van der Waals surface area contributed by atoms with Crippen molar-refractivity contribution in [2.75, 3.05) is 18.5 Å². The predicted octanol–water partition coefficient (Wildman–Crippen LogP) is 0.688. The van der Waals surface area contributed by atoms with Gasteiger partial charge in [0.2, 0.25) is 0 Å². The van der Waals surface area contributed by atoms with E-state index in [1.807, 2.05) is 12.3 Å². The molecule has 74 valence electrons. The van der Waals surface area contributed by atoms with Gasteiger partial charge in [-0.05, 0) is 6.42 Å². The lowest BCUT2D eigenvalue weighted by atomic mass is 9.99. The van der Waals surface area contributed by atoms with Crippen LogP contribution >= 0.6 is 11.3 Å². The normalized spacial score (nSPS) is 11.6. The van der Waals surface area contributed by atoms with E-state index >= 15 is 0 Å². The van der Waals surface area contributed by atoms with Crippen LogP contribution in [-0.4, -0.2) is 33.9 Å². The molecule has 0 radical (unpaired) electrons. The van der Waals surface area contributed by atoms with E-state index in [4.69, 9.17) is 10.2 Å². The highest BCUT2D eigenvalue weighted by atomic mass is 32.1. The molecule has 0 spiro atoms. The first-order chi connectivity index (χ1) is 6.26. The fourth-order valence-corrected chi connectivity index (χ4v) is 1.60. The Kier molecular flexibility index (Phi) is 3.65. The van der Waals surface area contributed by atoms with Crippen LogP contribution in [0.4, 0.5) is 5.13 Å². The maximum absolute atomic E-state index is 9.13. The minimum absolute atomic E-state index is 0.0976. The van der Waals surface area contributed by atoms with Gasteiger partial charge >= 0.3 is 0 Å². The fraction of sp³-hybridized carbons (Fsp3) is 0.625. The molecular formula is C8H14N2O2S. The average Bonchev–Trinajstić information content (AvgIpc) is 2.67. The highest BCUT2D eigenvalue weighted by Crippen LogP contribution is 2.19. The molecule has 0 saturated carbocycles. The van der Waals surface area contributed by atoms with Crippen molar-refractivity contribution in [1.29, 1.82) is 0 Å². The van der Waals surface area contributed by atoms with Crippen molar-refractivity contribution >= 4 is 16.5 Å². The molecule has 1 rings (SSSR count). The van der Waals surface area contributed by atoms with E-state index in [1.165, 1.54) is 11.3 Å². The van der Waals surface area contributed by atoms with Crippen LogP contribution in [0.1, 0.15) is 13.3 Å². The van der Waals surface area contributed by atoms with E-state index in [9.17, 15) is 0 Å². The van der Waals surface area contributed by atoms with Crippen LogP contribution in [-0.2, 0) is 0 Å². The molecule has 0 unspecified atom stereocenters. The van der Waals surface area contributed by atoms with Crippen LogP contribution in [0.5, 0.6) is 0 Å². The standard InChI is InChI=1S/C8H14N2O2S/c1-2-8(5-11,6-12)10-7-9-3-4-13-7/h3-4,11-12H,2,5-6H2,1H3,(H,9,10). The molecule has 3 N–H and O–H groups in total. The summed E-state index contributed by atoms with van der Waals surface area (Å²) in [7, 11) is 0. The summed E-state index contributed by atoms with van der Waals surface area (Å²) in [6.07, 6.45) is 2.34. The van der Waals surface area contributed by atoms with Crippen LogP contribution in [0.15, 0.2) is 11.6 Å². The molecule has 1 aromatic rings. The largest absolute Gasteiger partial charge is 0.394 e. The highest BCUT2D eigenvalue weighted by molar-refractivity contribution is 7.13. The van der Waals surface area contributed by atoms with Gasteiger partial charge in [0.05, 0.1) is 18.8 Å². The molecule has 0 amide bonds. The average molecular weight is 202 g/mol. The summed E-state index contributed by atoms with van der Waals surface area (Å²) >= 11 is 1.45. The third-order valence-corrected chi connectivity index (χ3v) is 2.78. The smallest absolute Gasteiger partial charge is 0.183 e. The van der Waals surface area contributed by atoms with Crippen LogP contribution in [0, 0.1) is 0 Å². The third kappa shape index (κ3) is 2.40. The van der Waals surface area contributed by atoms with Gasteiger partial charge in [-0.2, -0.15) is 0 Å². The van der Waals surface area contributed by atoms with E-state index in [0.29, 0.717) is 6.42 Å². The molecule has 13 heavy (non-hydrogen) atoms. The lowest BCUT2D eigenvalue weighted by Gasteiger charge is -2.29. The van der Waals surface area contributed by atoms with Gasteiger partial charge in [-0.3, -0.25) is 0 Å². The molecule has 0 fully saturated rings. The summed E-state index contributed by atoms with van der Waals surface area (Å²) < 4.78 is 0. The number of aromatic nitrogens is 1. The number of anilines is 1. The van der Waals surface area contributed by atoms with Gasteiger partial charge in [0.1, 0.15) is 0 Å². The van der Waals surface area contributed by atoms with E-state index < -0.39 is 5.54 Å². The number of aliphatic hydroxyl groups is 2. The molecule has 4 nitrogen and oxygen atoms in total. The molecule has 0 aliphatic heterocycles. The molecule has 0 saturated heterocycles. The molecule has 5 heteroatoms. The summed E-state index contributed by atoms with van der Waals surface area (Å²) in [4.78, 5) is 4.03. The Balaban J connectivity index is 2.67. The number of hydrogen-bond donors (Lipinski definition) is 3. The third-order valence-electron chi connectivity index (χ3n) is 2.09. The lowest BCUT2D eigenvalue weighted by Crippen LogP contribution is -2.45. The molecule has 0 atom stereocenters. The second-order valence-electron chi connectivity index (χ2n) is 2.91. The highest BCUT2D eigenvalue weighted by Gasteiger charge is 2.26. The van der Waals surface area contributed by atoms with E-state index in [1.54, 1.807) is 6.20 Å². The number of nitrogens with zero attached hydrogens (tertiary/aromatic N) is 1. The number of rotatable bonds is 5.